The van der Waals surface area contributed by atoms with E-state index in [0.717, 1.165) is 10.6 Å². The summed E-state index contributed by atoms with van der Waals surface area (Å²) in [5, 5.41) is 6.69. The summed E-state index contributed by atoms with van der Waals surface area (Å²) in [7, 11) is -3.13. The van der Waals surface area contributed by atoms with Crippen LogP contribution in [-0.2, 0) is 16.6 Å². The van der Waals surface area contributed by atoms with Crippen molar-refractivity contribution in [3.8, 4) is 10.6 Å². The number of nitrogens with zero attached hydrogens (tertiary/aromatic N) is 2. The van der Waals surface area contributed by atoms with E-state index in [1.165, 1.54) is 18.5 Å². The maximum atomic E-state index is 11.5. The molecular formula is C14H19N3O2S2. The van der Waals surface area contributed by atoms with Crippen LogP contribution in [0.2, 0.25) is 0 Å². The molecule has 2 aromatic rings. The van der Waals surface area contributed by atoms with Crippen LogP contribution in [0.4, 0.5) is 0 Å². The summed E-state index contributed by atoms with van der Waals surface area (Å²) >= 11 is 1.67. The predicted octanol–water partition coefficient (Wildman–Crippen LogP) is 2.43. The highest BCUT2D eigenvalue weighted by Crippen LogP contribution is 2.41. The van der Waals surface area contributed by atoms with E-state index in [2.05, 4.69) is 22.0 Å². The zero-order chi connectivity index (χ0) is 14.9. The van der Waals surface area contributed by atoms with Crippen molar-refractivity contribution in [2.45, 2.75) is 32.2 Å². The molecule has 2 aromatic heterocycles. The van der Waals surface area contributed by atoms with Crippen molar-refractivity contribution in [2.75, 3.05) is 12.3 Å². The van der Waals surface area contributed by atoms with Crippen molar-refractivity contribution in [1.82, 2.24) is 14.5 Å². The van der Waals surface area contributed by atoms with Crippen LogP contribution >= 0.6 is 11.3 Å². The largest absolute Gasteiger partial charge is 0.267 e. The molecule has 7 heteroatoms. The molecule has 1 aliphatic carbocycles. The molecule has 21 heavy (non-hydrogen) atoms. The summed E-state index contributed by atoms with van der Waals surface area (Å²) in [5.41, 5.74) is 2.22. The Labute approximate surface area is 129 Å². The average molecular weight is 325 g/mol. The Morgan fingerprint density at radius 1 is 1.48 bits per heavy atom. The van der Waals surface area contributed by atoms with Crippen LogP contribution < -0.4 is 4.72 Å². The Morgan fingerprint density at radius 2 is 2.29 bits per heavy atom. The van der Waals surface area contributed by atoms with E-state index in [-0.39, 0.29) is 5.75 Å². The molecule has 0 aliphatic heterocycles. The topological polar surface area (TPSA) is 64.0 Å². The minimum absolute atomic E-state index is 0.113. The van der Waals surface area contributed by atoms with Gasteiger partial charge in [0.2, 0.25) is 10.0 Å². The van der Waals surface area contributed by atoms with Crippen molar-refractivity contribution >= 4 is 21.4 Å². The molecular weight excluding hydrogens is 306 g/mol. The van der Waals surface area contributed by atoms with E-state index in [9.17, 15) is 8.42 Å². The van der Waals surface area contributed by atoms with Crippen LogP contribution in [0.15, 0.2) is 23.6 Å². The molecule has 0 unspecified atom stereocenters. The van der Waals surface area contributed by atoms with Crippen molar-refractivity contribution in [1.29, 1.82) is 0 Å². The molecule has 0 radical (unpaired) electrons. The first-order valence-corrected chi connectivity index (χ1v) is 9.71. The minimum Gasteiger partial charge on any atom is -0.267 e. The highest BCUT2D eigenvalue weighted by molar-refractivity contribution is 7.89. The van der Waals surface area contributed by atoms with Gasteiger partial charge in [0.1, 0.15) is 5.69 Å². The summed E-state index contributed by atoms with van der Waals surface area (Å²) in [6.07, 6.45) is 2.41. The van der Waals surface area contributed by atoms with Crippen LogP contribution in [0.1, 0.15) is 31.4 Å². The third-order valence-corrected chi connectivity index (χ3v) is 5.90. The van der Waals surface area contributed by atoms with E-state index < -0.39 is 10.0 Å². The molecule has 0 aromatic carbocycles. The fourth-order valence-corrected chi connectivity index (χ4v) is 3.56. The van der Waals surface area contributed by atoms with Crippen molar-refractivity contribution < 1.29 is 8.42 Å². The standard InChI is InChI=1S/C14H19N3O2S2/c1-2-21(18,19)15-7-8-17-13(11-5-6-11)10-12(16-17)14-4-3-9-20-14/h3-4,9-11,15H,2,5-8H2,1H3. The maximum Gasteiger partial charge on any atom is 0.211 e. The first-order chi connectivity index (χ1) is 10.1. The van der Waals surface area contributed by atoms with Crippen LogP contribution in [0.3, 0.4) is 0 Å². The maximum absolute atomic E-state index is 11.5. The highest BCUT2D eigenvalue weighted by Gasteiger charge is 2.28. The molecule has 1 fully saturated rings. The average Bonchev–Trinajstić information content (AvgIpc) is 3.00. The van der Waals surface area contributed by atoms with Crippen LogP contribution in [0.5, 0.6) is 0 Å². The second kappa shape index (κ2) is 5.90. The van der Waals surface area contributed by atoms with Gasteiger partial charge in [-0.2, -0.15) is 5.10 Å². The number of hydrogen-bond donors (Lipinski definition) is 1. The fourth-order valence-electron chi connectivity index (χ4n) is 2.27. The zero-order valence-corrected chi connectivity index (χ0v) is 13.6. The van der Waals surface area contributed by atoms with Crippen LogP contribution in [0.25, 0.3) is 10.6 Å². The van der Waals surface area contributed by atoms with Gasteiger partial charge in [0, 0.05) is 18.2 Å². The van der Waals surface area contributed by atoms with Gasteiger partial charge in [-0.15, -0.1) is 11.3 Å². The monoisotopic (exact) mass is 325 g/mol. The lowest BCUT2D eigenvalue weighted by Gasteiger charge is -2.07. The lowest BCUT2D eigenvalue weighted by atomic mass is 10.2. The summed E-state index contributed by atoms with van der Waals surface area (Å²) in [5.74, 6) is 0.705. The quantitative estimate of drug-likeness (QED) is 0.850. The van der Waals surface area contributed by atoms with Crippen molar-refractivity contribution in [2.24, 2.45) is 0 Å². The Balaban J connectivity index is 1.74. The van der Waals surface area contributed by atoms with E-state index >= 15 is 0 Å². The van der Waals surface area contributed by atoms with Crippen LogP contribution in [0, 0.1) is 0 Å². The molecule has 5 nitrogen and oxygen atoms in total. The van der Waals surface area contributed by atoms with Gasteiger partial charge in [-0.1, -0.05) is 6.07 Å². The highest BCUT2D eigenvalue weighted by atomic mass is 32.2. The van der Waals surface area contributed by atoms with Gasteiger partial charge in [-0.3, -0.25) is 4.68 Å². The normalized spacial score (nSPS) is 15.5. The van der Waals surface area contributed by atoms with Gasteiger partial charge in [-0.05, 0) is 37.3 Å². The van der Waals surface area contributed by atoms with Gasteiger partial charge >= 0.3 is 0 Å². The van der Waals surface area contributed by atoms with Crippen LogP contribution in [-0.4, -0.2) is 30.5 Å². The first-order valence-electron chi connectivity index (χ1n) is 7.18. The van der Waals surface area contributed by atoms with E-state index in [1.54, 1.807) is 18.3 Å². The van der Waals surface area contributed by atoms with Gasteiger partial charge in [0.25, 0.3) is 0 Å². The van der Waals surface area contributed by atoms with Gasteiger partial charge in [0.15, 0.2) is 0 Å². The van der Waals surface area contributed by atoms with Crippen molar-refractivity contribution in [3.63, 3.8) is 0 Å². The summed E-state index contributed by atoms with van der Waals surface area (Å²) < 4.78 is 27.5. The van der Waals surface area contributed by atoms with E-state index in [4.69, 9.17) is 0 Å². The van der Waals surface area contributed by atoms with Crippen molar-refractivity contribution in [3.05, 3.63) is 29.3 Å². The summed E-state index contributed by atoms with van der Waals surface area (Å²) in [6, 6.07) is 6.23. The number of rotatable bonds is 7. The SMILES string of the molecule is CCS(=O)(=O)NCCn1nc(-c2cccs2)cc1C1CC1. The Bertz CT molecular complexity index is 701. The lowest BCUT2D eigenvalue weighted by molar-refractivity contribution is 0.552. The first kappa shape index (κ1) is 14.7. The van der Waals surface area contributed by atoms with Gasteiger partial charge in [-0.25, -0.2) is 13.1 Å². The second-order valence-corrected chi connectivity index (χ2v) is 8.27. The summed E-state index contributed by atoms with van der Waals surface area (Å²) in [6.45, 7) is 2.61. The fraction of sp³-hybridized carbons (Fsp3) is 0.500. The number of nitrogens with one attached hydrogen (secondary N) is 1. The smallest absolute Gasteiger partial charge is 0.211 e. The third kappa shape index (κ3) is 3.53. The molecule has 114 valence electrons. The Morgan fingerprint density at radius 3 is 2.90 bits per heavy atom. The molecule has 1 aliphatic rings. The molecule has 3 rings (SSSR count). The Kier molecular flexibility index (Phi) is 4.14. The zero-order valence-electron chi connectivity index (χ0n) is 11.9. The van der Waals surface area contributed by atoms with Gasteiger partial charge in [0.05, 0.1) is 17.2 Å². The molecule has 0 bridgehead atoms. The lowest BCUT2D eigenvalue weighted by Crippen LogP contribution is -2.29. The number of sulfonamides is 1. The molecule has 1 N–H and O–H groups in total. The van der Waals surface area contributed by atoms with Gasteiger partial charge < -0.3 is 0 Å². The molecule has 0 atom stereocenters. The molecule has 0 amide bonds. The predicted molar refractivity (Wildman–Crippen MR) is 85.0 cm³/mol. The third-order valence-electron chi connectivity index (χ3n) is 3.61. The number of hydrogen-bond acceptors (Lipinski definition) is 4. The molecule has 2 heterocycles. The second-order valence-electron chi connectivity index (χ2n) is 5.23. The van der Waals surface area contributed by atoms with E-state index in [0.29, 0.717) is 19.0 Å². The number of thiophene rings is 1. The summed E-state index contributed by atoms with van der Waals surface area (Å²) in [4.78, 5) is 1.16. The number of aromatic nitrogens is 2. The Hall–Kier alpha value is -1.18. The molecule has 0 saturated heterocycles. The minimum atomic E-state index is -3.13. The molecule has 1 saturated carbocycles. The molecule has 0 spiro atoms. The van der Waals surface area contributed by atoms with E-state index in [1.807, 2.05) is 16.1 Å².